The quantitative estimate of drug-likeness (QED) is 0.758. The van der Waals surface area contributed by atoms with Crippen LogP contribution in [0.25, 0.3) is 0 Å². The first-order chi connectivity index (χ1) is 8.92. The van der Waals surface area contributed by atoms with Crippen LogP contribution in [0.4, 0.5) is 0 Å². The summed E-state index contributed by atoms with van der Waals surface area (Å²) in [5.41, 5.74) is 0. The van der Waals surface area contributed by atoms with Gasteiger partial charge in [0, 0.05) is 18.6 Å². The minimum absolute atomic E-state index is 0.904. The molecule has 102 valence electrons. The Kier molecular flexibility index (Phi) is 3.12. The summed E-state index contributed by atoms with van der Waals surface area (Å²) in [6.07, 6.45) is 12.0. The zero-order valence-corrected chi connectivity index (χ0v) is 11.7. The molecule has 0 aromatic rings. The lowest BCUT2D eigenvalue weighted by Crippen LogP contribution is -2.47. The van der Waals surface area contributed by atoms with Gasteiger partial charge in [-0.1, -0.05) is 6.42 Å². The van der Waals surface area contributed by atoms with Gasteiger partial charge < -0.3 is 0 Å². The van der Waals surface area contributed by atoms with Crippen LogP contribution in [0, 0.1) is 11.8 Å². The van der Waals surface area contributed by atoms with Crippen LogP contribution in [0.2, 0.25) is 0 Å². The smallest absolute Gasteiger partial charge is 0.0223 e. The number of nitrogens with zero attached hydrogens (tertiary/aromatic N) is 2. The van der Waals surface area contributed by atoms with Gasteiger partial charge in [0.2, 0.25) is 0 Å². The van der Waals surface area contributed by atoms with Crippen molar-refractivity contribution < 1.29 is 0 Å². The van der Waals surface area contributed by atoms with Gasteiger partial charge in [0.25, 0.3) is 0 Å². The van der Waals surface area contributed by atoms with E-state index in [1.807, 2.05) is 0 Å². The molecule has 4 rings (SSSR count). The van der Waals surface area contributed by atoms with E-state index in [0.717, 1.165) is 23.9 Å². The third kappa shape index (κ3) is 2.34. The fraction of sp³-hybridized carbons (Fsp3) is 1.00. The minimum Gasteiger partial charge on any atom is -0.299 e. The minimum atomic E-state index is 0.904. The molecular formula is C16H28N2. The van der Waals surface area contributed by atoms with E-state index in [1.54, 1.807) is 0 Å². The Bertz CT molecular complexity index is 283. The van der Waals surface area contributed by atoms with E-state index < -0.39 is 0 Å². The summed E-state index contributed by atoms with van der Waals surface area (Å²) < 4.78 is 0. The van der Waals surface area contributed by atoms with Gasteiger partial charge in [-0.05, 0) is 76.4 Å². The van der Waals surface area contributed by atoms with Gasteiger partial charge in [0.1, 0.15) is 0 Å². The lowest BCUT2D eigenvalue weighted by atomic mass is 10.00. The van der Waals surface area contributed by atoms with Crippen molar-refractivity contribution in [2.24, 2.45) is 11.8 Å². The van der Waals surface area contributed by atoms with Crippen LogP contribution >= 0.6 is 0 Å². The molecule has 4 fully saturated rings. The Morgan fingerprint density at radius 2 is 1.44 bits per heavy atom. The summed E-state index contributed by atoms with van der Waals surface area (Å²) in [5.74, 6) is 2.18. The first kappa shape index (κ1) is 11.7. The molecule has 2 saturated heterocycles. The van der Waals surface area contributed by atoms with Crippen molar-refractivity contribution in [1.29, 1.82) is 0 Å². The maximum absolute atomic E-state index is 2.94. The van der Waals surface area contributed by atoms with Crippen molar-refractivity contribution in [2.45, 2.75) is 63.5 Å². The average molecular weight is 248 g/mol. The van der Waals surface area contributed by atoms with Crippen molar-refractivity contribution in [3.05, 3.63) is 0 Å². The van der Waals surface area contributed by atoms with E-state index in [4.69, 9.17) is 0 Å². The van der Waals surface area contributed by atoms with Crippen LogP contribution < -0.4 is 0 Å². The van der Waals surface area contributed by atoms with E-state index in [0.29, 0.717) is 0 Å². The highest BCUT2D eigenvalue weighted by Crippen LogP contribution is 2.47. The van der Waals surface area contributed by atoms with E-state index in [9.17, 15) is 0 Å². The van der Waals surface area contributed by atoms with Gasteiger partial charge in [0.05, 0.1) is 0 Å². The SMILES string of the molecule is C1CCN2CCCN(C(C3CC3)C3CC3)CC2C1. The third-order valence-corrected chi connectivity index (χ3v) is 5.72. The molecule has 18 heavy (non-hydrogen) atoms. The normalized spacial score (nSPS) is 35.5. The first-order valence-corrected chi connectivity index (χ1v) is 8.40. The average Bonchev–Trinajstić information content (AvgIpc) is 3.26. The molecule has 1 atom stereocenters. The molecular weight excluding hydrogens is 220 g/mol. The predicted octanol–water partition coefficient (Wildman–Crippen LogP) is 2.74. The van der Waals surface area contributed by atoms with Gasteiger partial charge in [-0.2, -0.15) is 0 Å². The van der Waals surface area contributed by atoms with Crippen molar-refractivity contribution in [1.82, 2.24) is 9.80 Å². The molecule has 0 N–H and O–H groups in total. The van der Waals surface area contributed by atoms with Crippen molar-refractivity contribution in [2.75, 3.05) is 26.2 Å². The first-order valence-electron chi connectivity index (χ1n) is 8.40. The monoisotopic (exact) mass is 248 g/mol. The molecule has 0 bridgehead atoms. The van der Waals surface area contributed by atoms with Crippen LogP contribution in [-0.4, -0.2) is 48.1 Å². The van der Waals surface area contributed by atoms with Crippen molar-refractivity contribution >= 4 is 0 Å². The highest BCUT2D eigenvalue weighted by atomic mass is 15.3. The molecule has 0 radical (unpaired) electrons. The molecule has 0 aromatic carbocycles. The maximum Gasteiger partial charge on any atom is 0.0223 e. The molecule has 0 spiro atoms. The fourth-order valence-electron chi connectivity index (χ4n) is 4.53. The summed E-state index contributed by atoms with van der Waals surface area (Å²) in [7, 11) is 0. The highest BCUT2D eigenvalue weighted by molar-refractivity contribution is 4.99. The van der Waals surface area contributed by atoms with Crippen LogP contribution in [-0.2, 0) is 0 Å². The molecule has 4 aliphatic rings. The molecule has 1 unspecified atom stereocenters. The number of hydrogen-bond donors (Lipinski definition) is 0. The number of hydrogen-bond acceptors (Lipinski definition) is 2. The van der Waals surface area contributed by atoms with Gasteiger partial charge in [-0.15, -0.1) is 0 Å². The Hall–Kier alpha value is -0.0800. The van der Waals surface area contributed by atoms with Crippen molar-refractivity contribution in [3.8, 4) is 0 Å². The molecule has 2 aliphatic heterocycles. The zero-order chi connectivity index (χ0) is 11.9. The predicted molar refractivity (Wildman–Crippen MR) is 74.6 cm³/mol. The Labute approximate surface area is 112 Å². The topological polar surface area (TPSA) is 6.48 Å². The maximum atomic E-state index is 2.94. The summed E-state index contributed by atoms with van der Waals surface area (Å²) >= 11 is 0. The summed E-state index contributed by atoms with van der Waals surface area (Å²) in [6, 6.07) is 1.90. The fourth-order valence-corrected chi connectivity index (χ4v) is 4.53. The molecule has 0 aromatic heterocycles. The second kappa shape index (κ2) is 4.79. The second-order valence-corrected chi connectivity index (χ2v) is 7.20. The van der Waals surface area contributed by atoms with E-state index in [-0.39, 0.29) is 0 Å². The molecule has 0 amide bonds. The molecule has 2 heteroatoms. The molecule has 2 heterocycles. The lowest BCUT2D eigenvalue weighted by molar-refractivity contribution is 0.105. The van der Waals surface area contributed by atoms with E-state index in [2.05, 4.69) is 9.80 Å². The van der Waals surface area contributed by atoms with Gasteiger partial charge >= 0.3 is 0 Å². The van der Waals surface area contributed by atoms with E-state index in [1.165, 1.54) is 77.5 Å². The van der Waals surface area contributed by atoms with Gasteiger partial charge in [0.15, 0.2) is 0 Å². The zero-order valence-electron chi connectivity index (χ0n) is 11.7. The van der Waals surface area contributed by atoms with Crippen LogP contribution in [0.5, 0.6) is 0 Å². The summed E-state index contributed by atoms with van der Waals surface area (Å²) in [5, 5.41) is 0. The Morgan fingerprint density at radius 3 is 2.17 bits per heavy atom. The van der Waals surface area contributed by atoms with Gasteiger partial charge in [-0.3, -0.25) is 9.80 Å². The molecule has 2 aliphatic carbocycles. The Morgan fingerprint density at radius 1 is 0.722 bits per heavy atom. The van der Waals surface area contributed by atoms with E-state index >= 15 is 0 Å². The number of piperidine rings is 1. The largest absolute Gasteiger partial charge is 0.299 e. The standard InChI is InChI=1S/C16H28N2/c1-2-9-17-10-3-11-18(12-15(17)4-1)16(13-5-6-13)14-7-8-14/h13-16H,1-12H2. The van der Waals surface area contributed by atoms with Crippen LogP contribution in [0.15, 0.2) is 0 Å². The molecule has 2 nitrogen and oxygen atoms in total. The summed E-state index contributed by atoms with van der Waals surface area (Å²) in [6.45, 7) is 5.56. The third-order valence-electron chi connectivity index (χ3n) is 5.72. The van der Waals surface area contributed by atoms with Crippen molar-refractivity contribution in [3.63, 3.8) is 0 Å². The lowest BCUT2D eigenvalue weighted by Gasteiger charge is -2.38. The van der Waals surface area contributed by atoms with Crippen LogP contribution in [0.3, 0.4) is 0 Å². The highest BCUT2D eigenvalue weighted by Gasteiger charge is 2.45. The summed E-state index contributed by atoms with van der Waals surface area (Å²) in [4.78, 5) is 5.74. The molecule has 2 saturated carbocycles. The number of rotatable bonds is 3. The Balaban J connectivity index is 1.46. The van der Waals surface area contributed by atoms with Gasteiger partial charge in [-0.25, -0.2) is 0 Å². The second-order valence-electron chi connectivity index (χ2n) is 7.20. The van der Waals surface area contributed by atoms with Crippen LogP contribution in [0.1, 0.15) is 51.4 Å². The number of fused-ring (bicyclic) bond motifs is 1.